The molecule has 0 spiro atoms. The molecular weight excluding hydrogens is 745 g/mol. The zero-order valence-electron chi connectivity index (χ0n) is 40.9. The summed E-state index contributed by atoms with van der Waals surface area (Å²) in [5.41, 5.74) is 0. The van der Waals surface area contributed by atoms with Crippen molar-refractivity contribution in [3.8, 4) is 0 Å². The summed E-state index contributed by atoms with van der Waals surface area (Å²) in [5, 5.41) is 0. The molecule has 0 aromatic carbocycles. The van der Waals surface area contributed by atoms with Gasteiger partial charge in [-0.2, -0.15) is 0 Å². The number of unbranched alkanes of at least 4 members (excludes halogenated alkanes) is 35. The van der Waals surface area contributed by atoms with Gasteiger partial charge in [0, 0.05) is 19.3 Å². The molecule has 0 fully saturated rings. The van der Waals surface area contributed by atoms with Crippen LogP contribution >= 0.6 is 0 Å². The van der Waals surface area contributed by atoms with Gasteiger partial charge in [0.05, 0.1) is 0 Å². The highest BCUT2D eigenvalue weighted by Crippen LogP contribution is 2.18. The fourth-order valence-corrected chi connectivity index (χ4v) is 8.19. The minimum absolute atomic E-state index is 0.0632. The van der Waals surface area contributed by atoms with E-state index in [0.717, 1.165) is 63.7 Å². The Morgan fingerprint density at radius 2 is 0.583 bits per heavy atom. The highest BCUT2D eigenvalue weighted by atomic mass is 16.6. The molecule has 0 aliphatic carbocycles. The Kier molecular flexibility index (Phi) is 47.2. The molecule has 0 aliphatic heterocycles. The first-order valence-corrected chi connectivity index (χ1v) is 26.9. The van der Waals surface area contributed by atoms with Crippen molar-refractivity contribution in [3.63, 3.8) is 0 Å². The Morgan fingerprint density at radius 3 is 0.867 bits per heavy atom. The van der Waals surface area contributed by atoms with Crippen molar-refractivity contribution < 1.29 is 28.6 Å². The fourth-order valence-electron chi connectivity index (χ4n) is 8.19. The molecule has 356 valence electrons. The Morgan fingerprint density at radius 1 is 0.333 bits per heavy atom. The van der Waals surface area contributed by atoms with Gasteiger partial charge in [0.1, 0.15) is 13.2 Å². The number of esters is 3. The van der Waals surface area contributed by atoms with Gasteiger partial charge in [-0.3, -0.25) is 14.4 Å². The van der Waals surface area contributed by atoms with Crippen LogP contribution in [0.3, 0.4) is 0 Å². The molecule has 0 bridgehead atoms. The summed E-state index contributed by atoms with van der Waals surface area (Å²) in [5.74, 6) is -0.0304. The summed E-state index contributed by atoms with van der Waals surface area (Å²) >= 11 is 0. The number of carbonyl (C=O) groups excluding carboxylic acids is 3. The third-order valence-corrected chi connectivity index (χ3v) is 12.7. The van der Waals surface area contributed by atoms with Crippen LogP contribution in [0, 0.1) is 5.92 Å². The Labute approximate surface area is 374 Å². The average molecular weight is 849 g/mol. The van der Waals surface area contributed by atoms with Crippen molar-refractivity contribution in [1.82, 2.24) is 0 Å². The summed E-state index contributed by atoms with van der Waals surface area (Å²) in [6, 6.07) is 0. The molecule has 0 heterocycles. The van der Waals surface area contributed by atoms with E-state index in [1.165, 1.54) is 199 Å². The zero-order chi connectivity index (χ0) is 43.8. The van der Waals surface area contributed by atoms with Gasteiger partial charge in [0.25, 0.3) is 0 Å². The maximum atomic E-state index is 12.8. The van der Waals surface area contributed by atoms with E-state index in [9.17, 15) is 14.4 Å². The number of ether oxygens (including phenoxy) is 3. The normalized spacial score (nSPS) is 12.4. The molecule has 0 aromatic heterocycles. The van der Waals surface area contributed by atoms with Gasteiger partial charge in [-0.15, -0.1) is 0 Å². The first-order valence-electron chi connectivity index (χ1n) is 26.9. The standard InChI is InChI=1S/C54H104O6/c1-5-8-10-12-14-16-18-20-22-23-25-27-29-31-33-39-43-47-54(57)60-51(49-59-53(56)46-42-38-35-34-36-40-44-50(4)7-3)48-58-52(55)45-41-37-32-30-28-26-24-21-19-17-15-13-11-9-6-2/h50-51H,5-49H2,1-4H3/t50?,51-/m0/s1. The Balaban J connectivity index is 4.28. The molecule has 6 heteroatoms. The van der Waals surface area contributed by atoms with Crippen LogP contribution in [0.25, 0.3) is 0 Å². The zero-order valence-corrected chi connectivity index (χ0v) is 40.9. The second-order valence-corrected chi connectivity index (χ2v) is 18.8. The number of hydrogen-bond donors (Lipinski definition) is 0. The average Bonchev–Trinajstić information content (AvgIpc) is 3.25. The van der Waals surface area contributed by atoms with Gasteiger partial charge in [-0.05, 0) is 25.2 Å². The van der Waals surface area contributed by atoms with E-state index in [0.29, 0.717) is 19.3 Å². The largest absolute Gasteiger partial charge is 0.462 e. The van der Waals surface area contributed by atoms with Crippen LogP contribution < -0.4 is 0 Å². The van der Waals surface area contributed by atoms with Gasteiger partial charge in [-0.1, -0.05) is 265 Å². The lowest BCUT2D eigenvalue weighted by Crippen LogP contribution is -2.30. The first kappa shape index (κ1) is 58.4. The summed E-state index contributed by atoms with van der Waals surface area (Å²) in [6.45, 7) is 9.01. The van der Waals surface area contributed by atoms with Crippen LogP contribution in [0.5, 0.6) is 0 Å². The summed E-state index contributed by atoms with van der Waals surface area (Å²) in [6.07, 6.45) is 50.9. The molecule has 60 heavy (non-hydrogen) atoms. The van der Waals surface area contributed by atoms with E-state index in [1.807, 2.05) is 0 Å². The van der Waals surface area contributed by atoms with Crippen LogP contribution in [0.15, 0.2) is 0 Å². The summed E-state index contributed by atoms with van der Waals surface area (Å²) in [7, 11) is 0. The van der Waals surface area contributed by atoms with Gasteiger partial charge in [0.15, 0.2) is 6.10 Å². The van der Waals surface area contributed by atoms with Crippen LogP contribution in [0.4, 0.5) is 0 Å². The number of carbonyl (C=O) groups is 3. The van der Waals surface area contributed by atoms with Crippen molar-refractivity contribution in [1.29, 1.82) is 0 Å². The van der Waals surface area contributed by atoms with Crippen LogP contribution in [-0.4, -0.2) is 37.2 Å². The second-order valence-electron chi connectivity index (χ2n) is 18.8. The van der Waals surface area contributed by atoms with Gasteiger partial charge >= 0.3 is 17.9 Å². The summed E-state index contributed by atoms with van der Waals surface area (Å²) < 4.78 is 16.8. The maximum Gasteiger partial charge on any atom is 0.306 e. The molecule has 0 radical (unpaired) electrons. The lowest BCUT2D eigenvalue weighted by molar-refractivity contribution is -0.167. The molecule has 6 nitrogen and oxygen atoms in total. The van der Waals surface area contributed by atoms with Crippen LogP contribution in [0.1, 0.15) is 304 Å². The third-order valence-electron chi connectivity index (χ3n) is 12.7. The Bertz CT molecular complexity index is 905. The smallest absolute Gasteiger partial charge is 0.306 e. The number of hydrogen-bond acceptors (Lipinski definition) is 6. The quantitative estimate of drug-likeness (QED) is 0.0345. The minimum Gasteiger partial charge on any atom is -0.462 e. The molecule has 0 saturated carbocycles. The summed E-state index contributed by atoms with van der Waals surface area (Å²) in [4.78, 5) is 38.0. The lowest BCUT2D eigenvalue weighted by Gasteiger charge is -2.18. The molecule has 0 aliphatic rings. The minimum atomic E-state index is -0.761. The molecule has 0 amide bonds. The predicted octanol–water partition coefficient (Wildman–Crippen LogP) is 17.5. The molecule has 0 rings (SSSR count). The molecule has 1 unspecified atom stereocenters. The number of rotatable bonds is 49. The topological polar surface area (TPSA) is 78.9 Å². The van der Waals surface area contributed by atoms with Crippen LogP contribution in [0.2, 0.25) is 0 Å². The maximum absolute atomic E-state index is 12.8. The first-order chi connectivity index (χ1) is 29.4. The van der Waals surface area contributed by atoms with Gasteiger partial charge in [-0.25, -0.2) is 0 Å². The predicted molar refractivity (Wildman–Crippen MR) is 257 cm³/mol. The SMILES string of the molecule is CCCCCCCCCCCCCCCCCCCC(=O)O[C@@H](COC(=O)CCCCCCCCCCCCCCCCC)COC(=O)CCCCCCCCC(C)CC. The van der Waals surface area contributed by atoms with E-state index in [1.54, 1.807) is 0 Å². The highest BCUT2D eigenvalue weighted by Gasteiger charge is 2.19. The van der Waals surface area contributed by atoms with Crippen molar-refractivity contribution in [2.75, 3.05) is 13.2 Å². The van der Waals surface area contributed by atoms with Crippen LogP contribution in [-0.2, 0) is 28.6 Å². The van der Waals surface area contributed by atoms with Gasteiger partial charge < -0.3 is 14.2 Å². The van der Waals surface area contributed by atoms with Crippen molar-refractivity contribution in [2.24, 2.45) is 5.92 Å². The van der Waals surface area contributed by atoms with Gasteiger partial charge in [0.2, 0.25) is 0 Å². The van der Waals surface area contributed by atoms with E-state index >= 15 is 0 Å². The molecule has 2 atom stereocenters. The van der Waals surface area contributed by atoms with E-state index in [2.05, 4.69) is 27.7 Å². The molecule has 0 aromatic rings. The molecule has 0 N–H and O–H groups in total. The lowest BCUT2D eigenvalue weighted by atomic mass is 10.00. The van der Waals surface area contributed by atoms with E-state index < -0.39 is 6.10 Å². The fraction of sp³-hybridized carbons (Fsp3) is 0.944. The molecular formula is C54H104O6. The van der Waals surface area contributed by atoms with E-state index in [-0.39, 0.29) is 31.1 Å². The Hall–Kier alpha value is -1.59. The molecule has 0 saturated heterocycles. The third kappa shape index (κ3) is 45.9. The van der Waals surface area contributed by atoms with Crippen molar-refractivity contribution >= 4 is 17.9 Å². The van der Waals surface area contributed by atoms with Crippen molar-refractivity contribution in [2.45, 2.75) is 310 Å². The second kappa shape index (κ2) is 48.4. The van der Waals surface area contributed by atoms with Crippen molar-refractivity contribution in [3.05, 3.63) is 0 Å². The highest BCUT2D eigenvalue weighted by molar-refractivity contribution is 5.71. The monoisotopic (exact) mass is 849 g/mol. The van der Waals surface area contributed by atoms with E-state index in [4.69, 9.17) is 14.2 Å².